The maximum absolute atomic E-state index is 12.9. The van der Waals surface area contributed by atoms with Crippen molar-refractivity contribution >= 4 is 37.5 Å². The number of aryl methyl sites for hydroxylation is 1. The van der Waals surface area contributed by atoms with E-state index >= 15 is 0 Å². The quantitative estimate of drug-likeness (QED) is 0.454. The molecule has 1 heterocycles. The van der Waals surface area contributed by atoms with Crippen molar-refractivity contribution in [3.8, 4) is 11.5 Å². The Balaban J connectivity index is 1.96. The van der Waals surface area contributed by atoms with Crippen LogP contribution in [0.5, 0.6) is 11.5 Å². The summed E-state index contributed by atoms with van der Waals surface area (Å²) in [6.07, 6.45) is 1.71. The highest BCUT2D eigenvalue weighted by Crippen LogP contribution is 2.34. The van der Waals surface area contributed by atoms with E-state index in [0.717, 1.165) is 23.1 Å². The Morgan fingerprint density at radius 2 is 1.70 bits per heavy atom. The molecule has 178 valence electrons. The van der Waals surface area contributed by atoms with Crippen LogP contribution in [0, 0.1) is 0 Å². The van der Waals surface area contributed by atoms with E-state index in [1.807, 2.05) is 19.9 Å². The summed E-state index contributed by atoms with van der Waals surface area (Å²) in [7, 11) is 1.37. The normalized spacial score (nSPS) is 12.5. The van der Waals surface area contributed by atoms with Gasteiger partial charge >= 0.3 is 0 Å². The second-order valence-electron chi connectivity index (χ2n) is 7.38. The van der Waals surface area contributed by atoms with E-state index in [4.69, 9.17) is 9.47 Å². The van der Waals surface area contributed by atoms with Crippen molar-refractivity contribution in [3.63, 3.8) is 0 Å². The molecule has 0 fully saturated rings. The molecule has 8 nitrogen and oxygen atoms in total. The third kappa shape index (κ3) is 4.97. The molecule has 0 N–H and O–H groups in total. The number of amides is 1. The van der Waals surface area contributed by atoms with E-state index in [9.17, 15) is 13.2 Å². The third-order valence-corrected chi connectivity index (χ3v) is 8.50. The molecule has 0 aliphatic carbocycles. The highest BCUT2D eigenvalue weighted by atomic mass is 32.2. The van der Waals surface area contributed by atoms with E-state index < -0.39 is 15.9 Å². The van der Waals surface area contributed by atoms with Gasteiger partial charge in [-0.3, -0.25) is 4.79 Å². The van der Waals surface area contributed by atoms with Crippen molar-refractivity contribution < 1.29 is 22.7 Å². The molecule has 3 rings (SSSR count). The number of carbonyl (C=O) groups excluding carboxylic acids is 1. The van der Waals surface area contributed by atoms with Crippen molar-refractivity contribution in [1.82, 2.24) is 8.87 Å². The highest BCUT2D eigenvalue weighted by Gasteiger charge is 2.23. The first-order chi connectivity index (χ1) is 15.8. The largest absolute Gasteiger partial charge is 0.495 e. The van der Waals surface area contributed by atoms with Gasteiger partial charge in [-0.15, -0.1) is 0 Å². The molecule has 10 heteroatoms. The minimum Gasteiger partial charge on any atom is -0.495 e. The van der Waals surface area contributed by atoms with Crippen LogP contribution in [0.15, 0.2) is 46.3 Å². The Bertz CT molecular complexity index is 1310. The highest BCUT2D eigenvalue weighted by molar-refractivity contribution is 7.89. The number of sulfonamides is 1. The van der Waals surface area contributed by atoms with Gasteiger partial charge in [0.05, 0.1) is 19.1 Å². The molecule has 3 aromatic rings. The van der Waals surface area contributed by atoms with Gasteiger partial charge < -0.3 is 14.0 Å². The molecule has 1 amide bonds. The van der Waals surface area contributed by atoms with Gasteiger partial charge in [0.2, 0.25) is 10.0 Å². The maximum atomic E-state index is 12.9. The zero-order chi connectivity index (χ0) is 24.2. The molecule has 2 aromatic carbocycles. The lowest BCUT2D eigenvalue weighted by Gasteiger charge is -2.20. The number of ether oxygens (including phenoxy) is 2. The SMILES string of the molecule is CCCCN(CC)S(=O)(=O)c1ccc(C(=O)N=c2sc3c(OC)ccc(OC)c3n2C)cc1. The van der Waals surface area contributed by atoms with Crippen molar-refractivity contribution in [2.24, 2.45) is 12.0 Å². The minimum atomic E-state index is -3.60. The number of hydrogen-bond acceptors (Lipinski definition) is 6. The number of hydrogen-bond donors (Lipinski definition) is 0. The zero-order valence-corrected chi connectivity index (χ0v) is 21.1. The van der Waals surface area contributed by atoms with Crippen molar-refractivity contribution in [3.05, 3.63) is 46.8 Å². The zero-order valence-electron chi connectivity index (χ0n) is 19.5. The smallest absolute Gasteiger partial charge is 0.279 e. The number of unbranched alkanes of at least 4 members (excludes halogenated alkanes) is 1. The summed E-state index contributed by atoms with van der Waals surface area (Å²) in [5.74, 6) is 0.854. The lowest BCUT2D eigenvalue weighted by atomic mass is 10.2. The van der Waals surface area contributed by atoms with Crippen LogP contribution in [-0.4, -0.2) is 50.5 Å². The third-order valence-electron chi connectivity index (χ3n) is 5.36. The first-order valence-corrected chi connectivity index (χ1v) is 12.9. The van der Waals surface area contributed by atoms with E-state index in [-0.39, 0.29) is 4.90 Å². The molecular formula is C23H29N3O5S2. The molecule has 0 unspecified atom stereocenters. The van der Waals surface area contributed by atoms with Crippen LogP contribution in [0.4, 0.5) is 0 Å². The van der Waals surface area contributed by atoms with Crippen LogP contribution in [0.1, 0.15) is 37.0 Å². The number of fused-ring (bicyclic) bond motifs is 1. The number of carbonyl (C=O) groups is 1. The molecule has 1 aromatic heterocycles. The standard InChI is InChI=1S/C23H29N3O5S2/c1-6-8-15-26(7-2)33(28,29)17-11-9-16(10-12-17)22(27)24-23-25(3)20-18(30-4)13-14-19(31-5)21(20)32-23/h9-14H,6-8,15H2,1-5H3. The maximum Gasteiger partial charge on any atom is 0.279 e. The fourth-order valence-corrected chi connectivity index (χ4v) is 6.10. The summed E-state index contributed by atoms with van der Waals surface area (Å²) in [5.41, 5.74) is 1.09. The minimum absolute atomic E-state index is 0.166. The fraction of sp³-hybridized carbons (Fsp3) is 0.391. The number of benzene rings is 2. The predicted octanol–water partition coefficient (Wildman–Crippen LogP) is 3.81. The molecule has 0 saturated heterocycles. The summed E-state index contributed by atoms with van der Waals surface area (Å²) in [4.78, 5) is 17.8. The number of thiazole rings is 1. The molecule has 0 atom stereocenters. The van der Waals surface area contributed by atoms with Crippen LogP contribution in [0.25, 0.3) is 10.2 Å². The average Bonchev–Trinajstić information content (AvgIpc) is 3.15. The molecule has 0 saturated carbocycles. The second-order valence-corrected chi connectivity index (χ2v) is 10.3. The second kappa shape index (κ2) is 10.5. The van der Waals surface area contributed by atoms with Gasteiger partial charge in [-0.1, -0.05) is 31.6 Å². The Hall–Kier alpha value is -2.69. The van der Waals surface area contributed by atoms with Crippen LogP contribution in [0.3, 0.4) is 0 Å². The lowest BCUT2D eigenvalue weighted by Crippen LogP contribution is -2.31. The van der Waals surface area contributed by atoms with Crippen LogP contribution in [0.2, 0.25) is 0 Å². The molecule has 0 aliphatic rings. The monoisotopic (exact) mass is 491 g/mol. The van der Waals surface area contributed by atoms with Crippen molar-refractivity contribution in [2.75, 3.05) is 27.3 Å². The molecule has 0 bridgehead atoms. The summed E-state index contributed by atoms with van der Waals surface area (Å²) in [6, 6.07) is 9.54. The number of aromatic nitrogens is 1. The van der Waals surface area contributed by atoms with Gasteiger partial charge in [0.1, 0.15) is 21.7 Å². The molecule has 0 radical (unpaired) electrons. The van der Waals surface area contributed by atoms with Gasteiger partial charge in [-0.2, -0.15) is 9.30 Å². The molecule has 0 spiro atoms. The Kier molecular flexibility index (Phi) is 7.93. The van der Waals surface area contributed by atoms with Gasteiger partial charge in [-0.05, 0) is 42.8 Å². The van der Waals surface area contributed by atoms with Crippen molar-refractivity contribution in [2.45, 2.75) is 31.6 Å². The van der Waals surface area contributed by atoms with Gasteiger partial charge in [0, 0.05) is 25.7 Å². The van der Waals surface area contributed by atoms with E-state index in [2.05, 4.69) is 4.99 Å². The summed E-state index contributed by atoms with van der Waals surface area (Å²) < 4.78 is 40.7. The van der Waals surface area contributed by atoms with Crippen LogP contribution in [-0.2, 0) is 17.1 Å². The van der Waals surface area contributed by atoms with Crippen LogP contribution < -0.4 is 14.3 Å². The summed E-state index contributed by atoms with van der Waals surface area (Å²) >= 11 is 1.32. The van der Waals surface area contributed by atoms with Crippen LogP contribution >= 0.6 is 11.3 Å². The molecule has 0 aliphatic heterocycles. The van der Waals surface area contributed by atoms with E-state index in [1.165, 1.54) is 39.9 Å². The number of rotatable bonds is 9. The summed E-state index contributed by atoms with van der Waals surface area (Å²) in [5, 5.41) is 0. The Morgan fingerprint density at radius 3 is 2.27 bits per heavy atom. The van der Waals surface area contributed by atoms with E-state index in [0.29, 0.717) is 35.0 Å². The predicted molar refractivity (Wildman–Crippen MR) is 130 cm³/mol. The number of nitrogens with zero attached hydrogens (tertiary/aromatic N) is 3. The molecule has 33 heavy (non-hydrogen) atoms. The first-order valence-electron chi connectivity index (χ1n) is 10.7. The fourth-order valence-electron chi connectivity index (χ4n) is 3.48. The topological polar surface area (TPSA) is 90.2 Å². The van der Waals surface area contributed by atoms with Gasteiger partial charge in [0.25, 0.3) is 5.91 Å². The Labute approximate surface area is 198 Å². The summed E-state index contributed by atoms with van der Waals surface area (Å²) in [6.45, 7) is 4.71. The van der Waals surface area contributed by atoms with Gasteiger partial charge in [0.15, 0.2) is 4.80 Å². The lowest BCUT2D eigenvalue weighted by molar-refractivity contribution is 0.0998. The molecular weight excluding hydrogens is 462 g/mol. The van der Waals surface area contributed by atoms with E-state index in [1.54, 1.807) is 31.9 Å². The first kappa shape index (κ1) is 24.9. The van der Waals surface area contributed by atoms with Crippen molar-refractivity contribution in [1.29, 1.82) is 0 Å². The average molecular weight is 492 g/mol. The van der Waals surface area contributed by atoms with Gasteiger partial charge in [-0.25, -0.2) is 8.42 Å². The Morgan fingerprint density at radius 1 is 1.06 bits per heavy atom. The number of methoxy groups -OCH3 is 2.